The number of likely N-dealkylation sites (N-methyl/N-ethyl adjacent to an activating group) is 1. The van der Waals surface area contributed by atoms with E-state index in [1.54, 1.807) is 10.7 Å². The average Bonchev–Trinajstić information content (AvgIpc) is 2.95. The maximum absolute atomic E-state index is 12.1. The molecule has 6 nitrogen and oxygen atoms in total. The molecule has 1 aliphatic rings. The number of aliphatic hydroxyl groups excluding tert-OH is 1. The van der Waals surface area contributed by atoms with E-state index >= 15 is 0 Å². The van der Waals surface area contributed by atoms with Gasteiger partial charge in [-0.05, 0) is 33.4 Å². The summed E-state index contributed by atoms with van der Waals surface area (Å²) in [5, 5.41) is 16.4. The fourth-order valence-corrected chi connectivity index (χ4v) is 2.40. The minimum absolute atomic E-state index is 0.0823. The van der Waals surface area contributed by atoms with Gasteiger partial charge in [0.05, 0.1) is 6.61 Å². The van der Waals surface area contributed by atoms with Gasteiger partial charge in [0, 0.05) is 30.9 Å². The highest BCUT2D eigenvalue weighted by Crippen LogP contribution is 2.15. The van der Waals surface area contributed by atoms with Crippen molar-refractivity contribution < 1.29 is 9.90 Å². The summed E-state index contributed by atoms with van der Waals surface area (Å²) in [6, 6.07) is 2.20. The summed E-state index contributed by atoms with van der Waals surface area (Å²) >= 11 is 0. The molecule has 2 heterocycles. The molecule has 19 heavy (non-hydrogen) atoms. The second-order valence-corrected chi connectivity index (χ2v) is 5.46. The molecule has 1 aliphatic heterocycles. The zero-order valence-electron chi connectivity index (χ0n) is 11.7. The molecule has 2 N–H and O–H groups in total. The number of likely N-dealkylation sites (tertiary alicyclic amines) is 1. The molecule has 0 aliphatic carbocycles. The zero-order valence-corrected chi connectivity index (χ0v) is 11.7. The lowest BCUT2D eigenvalue weighted by molar-refractivity contribution is 0.0932. The fourth-order valence-electron chi connectivity index (χ4n) is 2.40. The van der Waals surface area contributed by atoms with Crippen molar-refractivity contribution in [3.8, 4) is 0 Å². The maximum Gasteiger partial charge on any atom is 0.272 e. The lowest BCUT2D eigenvalue weighted by atomic mass is 10.2. The van der Waals surface area contributed by atoms with Crippen LogP contribution in [0.1, 0.15) is 36.8 Å². The first-order valence-electron chi connectivity index (χ1n) is 6.68. The van der Waals surface area contributed by atoms with Crippen LogP contribution in [-0.4, -0.2) is 58.0 Å². The van der Waals surface area contributed by atoms with E-state index in [0.717, 1.165) is 13.0 Å². The molecule has 2 unspecified atom stereocenters. The molecular formula is C13H22N4O2. The first-order chi connectivity index (χ1) is 9.01. The Balaban J connectivity index is 1.94. The van der Waals surface area contributed by atoms with Crippen molar-refractivity contribution in [2.75, 3.05) is 20.2 Å². The highest BCUT2D eigenvalue weighted by molar-refractivity contribution is 5.92. The van der Waals surface area contributed by atoms with Gasteiger partial charge in [-0.15, -0.1) is 0 Å². The smallest absolute Gasteiger partial charge is 0.272 e. The van der Waals surface area contributed by atoms with Gasteiger partial charge in [0.2, 0.25) is 0 Å². The van der Waals surface area contributed by atoms with Gasteiger partial charge in [-0.1, -0.05) is 0 Å². The van der Waals surface area contributed by atoms with Crippen LogP contribution in [0, 0.1) is 0 Å². The first-order valence-corrected chi connectivity index (χ1v) is 6.68. The number of nitrogens with one attached hydrogen (secondary N) is 1. The number of aliphatic hydroxyl groups is 1. The standard InChI is InChI=1S/C13H22N4O2/c1-9(2)17-5-4-12(15-17)13(19)14-10-6-11(8-18)16(3)7-10/h4-5,9-11,18H,6-8H2,1-3H3,(H,14,19). The molecule has 1 amide bonds. The van der Waals surface area contributed by atoms with Gasteiger partial charge in [0.15, 0.2) is 0 Å². The van der Waals surface area contributed by atoms with E-state index in [4.69, 9.17) is 0 Å². The Morgan fingerprint density at radius 1 is 1.63 bits per heavy atom. The van der Waals surface area contributed by atoms with Crippen LogP contribution in [0.2, 0.25) is 0 Å². The number of nitrogens with zero attached hydrogens (tertiary/aromatic N) is 3. The van der Waals surface area contributed by atoms with Crippen LogP contribution in [0.3, 0.4) is 0 Å². The van der Waals surface area contributed by atoms with Gasteiger partial charge in [0.25, 0.3) is 5.91 Å². The number of carbonyl (C=O) groups excluding carboxylic acids is 1. The van der Waals surface area contributed by atoms with Crippen LogP contribution in [0.5, 0.6) is 0 Å². The summed E-state index contributed by atoms with van der Waals surface area (Å²) in [5.41, 5.74) is 0.448. The van der Waals surface area contributed by atoms with Gasteiger partial charge >= 0.3 is 0 Å². The SMILES string of the molecule is CC(C)n1ccc(C(=O)NC2CC(CO)N(C)C2)n1. The van der Waals surface area contributed by atoms with Gasteiger partial charge < -0.3 is 10.4 Å². The van der Waals surface area contributed by atoms with Crippen molar-refractivity contribution in [2.24, 2.45) is 0 Å². The third-order valence-corrected chi connectivity index (χ3v) is 3.60. The second-order valence-electron chi connectivity index (χ2n) is 5.46. The highest BCUT2D eigenvalue weighted by atomic mass is 16.3. The normalized spacial score (nSPS) is 24.1. The quantitative estimate of drug-likeness (QED) is 0.820. The Hall–Kier alpha value is -1.40. The number of rotatable bonds is 4. The molecule has 2 atom stereocenters. The van der Waals surface area contributed by atoms with E-state index in [-0.39, 0.29) is 30.6 Å². The van der Waals surface area contributed by atoms with Crippen molar-refractivity contribution in [1.29, 1.82) is 0 Å². The average molecular weight is 266 g/mol. The topological polar surface area (TPSA) is 70.4 Å². The molecule has 0 aromatic carbocycles. The number of aromatic nitrogens is 2. The van der Waals surface area contributed by atoms with Crippen molar-refractivity contribution in [3.63, 3.8) is 0 Å². The molecule has 6 heteroatoms. The lowest BCUT2D eigenvalue weighted by Gasteiger charge is -2.15. The van der Waals surface area contributed by atoms with E-state index in [1.807, 2.05) is 27.1 Å². The predicted octanol–water partition coefficient (Wildman–Crippen LogP) is 0.259. The van der Waals surface area contributed by atoms with Crippen molar-refractivity contribution in [2.45, 2.75) is 38.4 Å². The number of amides is 1. The number of hydrogen-bond acceptors (Lipinski definition) is 4. The van der Waals surface area contributed by atoms with E-state index < -0.39 is 0 Å². The Morgan fingerprint density at radius 2 is 2.37 bits per heavy atom. The van der Waals surface area contributed by atoms with Gasteiger partial charge in [-0.2, -0.15) is 5.10 Å². The Morgan fingerprint density at radius 3 is 2.89 bits per heavy atom. The Kier molecular flexibility index (Phi) is 4.21. The van der Waals surface area contributed by atoms with Crippen LogP contribution in [0.25, 0.3) is 0 Å². The van der Waals surface area contributed by atoms with E-state index in [1.165, 1.54) is 0 Å². The van der Waals surface area contributed by atoms with Crippen LogP contribution in [0.4, 0.5) is 0 Å². The predicted molar refractivity (Wildman–Crippen MR) is 72.0 cm³/mol. The van der Waals surface area contributed by atoms with E-state index in [2.05, 4.69) is 15.3 Å². The largest absolute Gasteiger partial charge is 0.395 e. The summed E-state index contributed by atoms with van der Waals surface area (Å²) in [7, 11) is 1.96. The van der Waals surface area contributed by atoms with Crippen LogP contribution in [-0.2, 0) is 0 Å². The summed E-state index contributed by atoms with van der Waals surface area (Å²) in [4.78, 5) is 14.1. The summed E-state index contributed by atoms with van der Waals surface area (Å²) < 4.78 is 1.77. The molecule has 2 rings (SSSR count). The second kappa shape index (κ2) is 5.71. The van der Waals surface area contributed by atoms with Gasteiger partial charge in [0.1, 0.15) is 5.69 Å². The Bertz CT molecular complexity index is 444. The van der Waals surface area contributed by atoms with Gasteiger partial charge in [-0.25, -0.2) is 0 Å². The van der Waals surface area contributed by atoms with Crippen LogP contribution in [0.15, 0.2) is 12.3 Å². The summed E-state index contributed by atoms with van der Waals surface area (Å²) in [6.07, 6.45) is 2.60. The van der Waals surface area contributed by atoms with Crippen LogP contribution < -0.4 is 5.32 Å². The molecule has 0 spiro atoms. The van der Waals surface area contributed by atoms with Crippen molar-refractivity contribution >= 4 is 5.91 Å². The monoisotopic (exact) mass is 266 g/mol. The summed E-state index contributed by atoms with van der Waals surface area (Å²) in [5.74, 6) is -0.142. The first kappa shape index (κ1) is 14.0. The van der Waals surface area contributed by atoms with Crippen molar-refractivity contribution in [3.05, 3.63) is 18.0 Å². The molecular weight excluding hydrogens is 244 g/mol. The number of carbonyl (C=O) groups is 1. The third kappa shape index (κ3) is 3.13. The van der Waals surface area contributed by atoms with Gasteiger partial charge in [-0.3, -0.25) is 14.4 Å². The highest BCUT2D eigenvalue weighted by Gasteiger charge is 2.30. The van der Waals surface area contributed by atoms with Crippen molar-refractivity contribution in [1.82, 2.24) is 20.0 Å². The summed E-state index contributed by atoms with van der Waals surface area (Å²) in [6.45, 7) is 4.94. The zero-order chi connectivity index (χ0) is 14.0. The maximum atomic E-state index is 12.1. The molecule has 1 aromatic rings. The minimum Gasteiger partial charge on any atom is -0.395 e. The lowest BCUT2D eigenvalue weighted by Crippen LogP contribution is -2.36. The molecule has 1 aromatic heterocycles. The van der Waals surface area contributed by atoms with Crippen LogP contribution >= 0.6 is 0 Å². The molecule has 0 radical (unpaired) electrons. The molecule has 0 saturated carbocycles. The van der Waals surface area contributed by atoms with E-state index in [9.17, 15) is 9.90 Å². The minimum atomic E-state index is -0.142. The number of hydrogen-bond donors (Lipinski definition) is 2. The third-order valence-electron chi connectivity index (χ3n) is 3.60. The molecule has 1 fully saturated rings. The van der Waals surface area contributed by atoms with E-state index in [0.29, 0.717) is 5.69 Å². The Labute approximate surface area is 113 Å². The molecule has 0 bridgehead atoms. The molecule has 1 saturated heterocycles. The fraction of sp³-hybridized carbons (Fsp3) is 0.692. The molecule has 106 valence electrons.